The van der Waals surface area contributed by atoms with Gasteiger partial charge in [-0.2, -0.15) is 0 Å². The minimum absolute atomic E-state index is 0.0666. The monoisotopic (exact) mass is 335 g/mol. The van der Waals surface area contributed by atoms with Crippen molar-refractivity contribution in [1.29, 1.82) is 0 Å². The summed E-state index contributed by atoms with van der Waals surface area (Å²) in [4.78, 5) is 20.2. The molecule has 7 heteroatoms. The number of aromatic nitrogens is 2. The summed E-state index contributed by atoms with van der Waals surface area (Å²) in [5, 5.41) is 0. The van der Waals surface area contributed by atoms with Crippen molar-refractivity contribution in [3.05, 3.63) is 58.5 Å². The number of piperidine rings is 1. The van der Waals surface area contributed by atoms with Crippen LogP contribution in [-0.2, 0) is 6.54 Å². The normalized spacial score (nSPS) is 17.6. The molecule has 0 amide bonds. The van der Waals surface area contributed by atoms with Crippen LogP contribution in [0.25, 0.3) is 0 Å². The molecule has 0 saturated carbocycles. The van der Waals surface area contributed by atoms with E-state index in [0.29, 0.717) is 25.3 Å². The van der Waals surface area contributed by atoms with Crippen LogP contribution in [0.15, 0.2) is 41.5 Å². The Kier molecular flexibility index (Phi) is 4.89. The number of alkyl halides is 1. The zero-order valence-corrected chi connectivity index (χ0v) is 13.2. The molecular weight excluding hydrogens is 316 g/mol. The summed E-state index contributed by atoms with van der Waals surface area (Å²) in [5.74, 6) is -0.426. The number of nitrogens with one attached hydrogen (secondary N) is 1. The fraction of sp³-hybridized carbons (Fsp3) is 0.412. The van der Waals surface area contributed by atoms with Crippen LogP contribution in [0.1, 0.15) is 18.5 Å². The molecule has 2 heterocycles. The van der Waals surface area contributed by atoms with Gasteiger partial charge in [-0.05, 0) is 25.0 Å². The molecule has 2 aromatic rings. The smallest absolute Gasteiger partial charge is 0.270 e. The molecule has 3 rings (SSSR count). The summed E-state index contributed by atoms with van der Waals surface area (Å²) >= 11 is 0. The fourth-order valence-corrected chi connectivity index (χ4v) is 2.73. The van der Waals surface area contributed by atoms with Gasteiger partial charge in [-0.25, -0.2) is 8.78 Å². The lowest BCUT2D eigenvalue weighted by Crippen LogP contribution is -2.45. The van der Waals surface area contributed by atoms with Crippen LogP contribution in [0, 0.1) is 5.82 Å². The molecule has 1 aromatic carbocycles. The lowest BCUT2D eigenvalue weighted by Gasteiger charge is -2.35. The predicted octanol–water partition coefficient (Wildman–Crippen LogP) is 2.29. The number of hydrogen-bond acceptors (Lipinski definition) is 4. The van der Waals surface area contributed by atoms with Gasteiger partial charge in [0.15, 0.2) is 11.6 Å². The standard InChI is InChI=1S/C17H19F2N3O2/c18-13-3-1-2-4-15(13)24-12-17(19)5-9-22(10-6-17)11-14-16(23)21-8-7-20-14/h1-4,7-8H,5-6,9-12H2,(H,21,23). The molecule has 0 aliphatic carbocycles. The van der Waals surface area contributed by atoms with E-state index in [1.165, 1.54) is 24.5 Å². The molecule has 5 nitrogen and oxygen atoms in total. The Morgan fingerprint density at radius 2 is 2.04 bits per heavy atom. The lowest BCUT2D eigenvalue weighted by atomic mass is 9.94. The highest BCUT2D eigenvalue weighted by Crippen LogP contribution is 2.28. The SMILES string of the molecule is O=c1[nH]ccnc1CN1CCC(F)(COc2ccccc2F)CC1. The molecule has 0 radical (unpaired) electrons. The molecule has 1 fully saturated rings. The third kappa shape index (κ3) is 3.97. The number of halogens is 2. The van der Waals surface area contributed by atoms with Crippen LogP contribution in [0.3, 0.4) is 0 Å². The lowest BCUT2D eigenvalue weighted by molar-refractivity contribution is 0.0137. The molecule has 0 bridgehead atoms. The summed E-state index contributed by atoms with van der Waals surface area (Å²) < 4.78 is 33.7. The van der Waals surface area contributed by atoms with Crippen LogP contribution < -0.4 is 10.3 Å². The van der Waals surface area contributed by atoms with Crippen LogP contribution >= 0.6 is 0 Å². The van der Waals surface area contributed by atoms with Gasteiger partial charge in [-0.1, -0.05) is 12.1 Å². The summed E-state index contributed by atoms with van der Waals surface area (Å²) in [6, 6.07) is 5.98. The van der Waals surface area contributed by atoms with Crippen LogP contribution in [0.4, 0.5) is 8.78 Å². The van der Waals surface area contributed by atoms with Gasteiger partial charge in [-0.3, -0.25) is 14.7 Å². The Morgan fingerprint density at radius 3 is 2.75 bits per heavy atom. The first-order chi connectivity index (χ1) is 11.6. The quantitative estimate of drug-likeness (QED) is 0.911. The largest absolute Gasteiger partial charge is 0.487 e. The summed E-state index contributed by atoms with van der Waals surface area (Å²) in [5.41, 5.74) is -1.29. The van der Waals surface area contributed by atoms with Crippen molar-refractivity contribution in [2.45, 2.75) is 25.1 Å². The van der Waals surface area contributed by atoms with E-state index in [1.54, 1.807) is 12.1 Å². The maximum atomic E-state index is 14.8. The summed E-state index contributed by atoms with van der Waals surface area (Å²) in [6.07, 6.45) is 3.55. The van der Waals surface area contributed by atoms with Crippen molar-refractivity contribution in [3.63, 3.8) is 0 Å². The van der Waals surface area contributed by atoms with Gasteiger partial charge in [0, 0.05) is 32.0 Å². The maximum absolute atomic E-state index is 14.8. The minimum atomic E-state index is -1.49. The molecule has 1 aliphatic heterocycles. The second kappa shape index (κ2) is 7.09. The number of ether oxygens (including phenoxy) is 1. The third-order valence-corrected chi connectivity index (χ3v) is 4.23. The van der Waals surface area contributed by atoms with Crippen LogP contribution in [0.5, 0.6) is 5.75 Å². The van der Waals surface area contributed by atoms with Crippen molar-refractivity contribution < 1.29 is 13.5 Å². The van der Waals surface area contributed by atoms with E-state index in [0.717, 1.165) is 0 Å². The average molecular weight is 335 g/mol. The number of aromatic amines is 1. The maximum Gasteiger partial charge on any atom is 0.270 e. The van der Waals surface area contributed by atoms with Gasteiger partial charge >= 0.3 is 0 Å². The molecule has 0 unspecified atom stereocenters. The van der Waals surface area contributed by atoms with E-state index < -0.39 is 11.5 Å². The van der Waals surface area contributed by atoms with Gasteiger partial charge in [-0.15, -0.1) is 0 Å². The highest BCUT2D eigenvalue weighted by Gasteiger charge is 2.35. The minimum Gasteiger partial charge on any atom is -0.487 e. The fourth-order valence-electron chi connectivity index (χ4n) is 2.73. The van der Waals surface area contributed by atoms with E-state index in [2.05, 4.69) is 9.97 Å². The number of nitrogens with zero attached hydrogens (tertiary/aromatic N) is 2. The van der Waals surface area contributed by atoms with E-state index in [1.807, 2.05) is 4.90 Å². The Morgan fingerprint density at radius 1 is 1.29 bits per heavy atom. The Balaban J connectivity index is 1.53. The average Bonchev–Trinajstić information content (AvgIpc) is 2.58. The second-order valence-electron chi connectivity index (χ2n) is 6.01. The topological polar surface area (TPSA) is 58.2 Å². The third-order valence-electron chi connectivity index (χ3n) is 4.23. The Labute approximate surface area is 138 Å². The van der Waals surface area contributed by atoms with E-state index >= 15 is 0 Å². The molecule has 0 atom stereocenters. The molecular formula is C17H19F2N3O2. The molecule has 128 valence electrons. The van der Waals surface area contributed by atoms with Crippen LogP contribution in [-0.4, -0.2) is 40.2 Å². The summed E-state index contributed by atoms with van der Waals surface area (Å²) in [6.45, 7) is 1.20. The predicted molar refractivity (Wildman–Crippen MR) is 85.1 cm³/mol. The molecule has 24 heavy (non-hydrogen) atoms. The number of benzene rings is 1. The molecule has 1 saturated heterocycles. The molecule has 1 aromatic heterocycles. The van der Waals surface area contributed by atoms with Crippen molar-refractivity contribution in [3.8, 4) is 5.75 Å². The zero-order chi connectivity index (χ0) is 17.0. The van der Waals surface area contributed by atoms with E-state index in [9.17, 15) is 13.6 Å². The van der Waals surface area contributed by atoms with Gasteiger partial charge in [0.25, 0.3) is 5.56 Å². The number of rotatable bonds is 5. The van der Waals surface area contributed by atoms with E-state index in [-0.39, 0.29) is 30.8 Å². The van der Waals surface area contributed by atoms with E-state index in [4.69, 9.17) is 4.74 Å². The summed E-state index contributed by atoms with van der Waals surface area (Å²) in [7, 11) is 0. The highest BCUT2D eigenvalue weighted by atomic mass is 19.1. The first-order valence-electron chi connectivity index (χ1n) is 7.87. The molecule has 0 spiro atoms. The van der Waals surface area contributed by atoms with Crippen molar-refractivity contribution in [1.82, 2.24) is 14.9 Å². The van der Waals surface area contributed by atoms with Crippen molar-refractivity contribution in [2.75, 3.05) is 19.7 Å². The first kappa shape index (κ1) is 16.6. The second-order valence-corrected chi connectivity index (χ2v) is 6.01. The first-order valence-corrected chi connectivity index (χ1v) is 7.87. The Bertz CT molecular complexity index is 742. The van der Waals surface area contributed by atoms with Gasteiger partial charge in [0.05, 0.1) is 0 Å². The number of para-hydroxylation sites is 1. The number of H-pyrrole nitrogens is 1. The Hall–Kier alpha value is -2.28. The van der Waals surface area contributed by atoms with Crippen LogP contribution in [0.2, 0.25) is 0 Å². The number of hydrogen-bond donors (Lipinski definition) is 1. The number of likely N-dealkylation sites (tertiary alicyclic amines) is 1. The van der Waals surface area contributed by atoms with Crippen molar-refractivity contribution >= 4 is 0 Å². The van der Waals surface area contributed by atoms with Crippen molar-refractivity contribution in [2.24, 2.45) is 0 Å². The highest BCUT2D eigenvalue weighted by molar-refractivity contribution is 5.23. The molecule has 1 aliphatic rings. The van der Waals surface area contributed by atoms with Gasteiger partial charge in [0.2, 0.25) is 0 Å². The molecule has 1 N–H and O–H groups in total. The zero-order valence-electron chi connectivity index (χ0n) is 13.2. The van der Waals surface area contributed by atoms with Gasteiger partial charge < -0.3 is 9.72 Å². The van der Waals surface area contributed by atoms with Gasteiger partial charge in [0.1, 0.15) is 18.0 Å².